The van der Waals surface area contributed by atoms with Gasteiger partial charge in [-0.05, 0) is 12.1 Å². The number of nitrogens with one attached hydrogen (secondary N) is 1. The number of aromatic amines is 1. The van der Waals surface area contributed by atoms with E-state index in [0.29, 0.717) is 15.8 Å². The van der Waals surface area contributed by atoms with Crippen molar-refractivity contribution in [2.45, 2.75) is 10.9 Å². The molecule has 0 bridgehead atoms. The Bertz CT molecular complexity index is 635. The second-order valence-electron chi connectivity index (χ2n) is 3.34. The number of thioether (sulfide) groups is 1. The molecule has 0 spiro atoms. The number of carboxylic acid groups (broad SMARTS) is 1. The average molecular weight is 283 g/mol. The van der Waals surface area contributed by atoms with Crippen molar-refractivity contribution in [1.82, 2.24) is 9.97 Å². The molecule has 6 nitrogen and oxygen atoms in total. The number of nitrogens with zero attached hydrogens (tertiary/aromatic N) is 1. The number of hydrogen-bond acceptors (Lipinski definition) is 6. The topological polar surface area (TPSA) is 109 Å². The van der Waals surface area contributed by atoms with Gasteiger partial charge in [-0.2, -0.15) is 0 Å². The average Bonchev–Trinajstić information content (AvgIpc) is 2.73. The zero-order valence-corrected chi connectivity index (χ0v) is 10.7. The van der Waals surface area contributed by atoms with Crippen LogP contribution in [-0.2, 0) is 5.75 Å². The van der Waals surface area contributed by atoms with Crippen LogP contribution >= 0.6 is 23.1 Å². The number of nitrogen functional groups attached to an aromatic ring is 1. The summed E-state index contributed by atoms with van der Waals surface area (Å²) in [4.78, 5) is 29.6. The summed E-state index contributed by atoms with van der Waals surface area (Å²) in [6.07, 6.45) is 0. The van der Waals surface area contributed by atoms with E-state index in [4.69, 9.17) is 10.8 Å². The predicted octanol–water partition coefficient (Wildman–Crippen LogP) is 1.40. The van der Waals surface area contributed by atoms with Gasteiger partial charge in [-0.1, -0.05) is 11.8 Å². The van der Waals surface area contributed by atoms with E-state index in [1.165, 1.54) is 29.2 Å². The molecular formula is C10H9N3O3S2. The van der Waals surface area contributed by atoms with Gasteiger partial charge in [-0.25, -0.2) is 9.78 Å². The highest BCUT2D eigenvalue weighted by Crippen LogP contribution is 2.24. The Morgan fingerprint density at radius 2 is 2.33 bits per heavy atom. The number of H-pyrrole nitrogens is 1. The third-order valence-corrected chi connectivity index (χ3v) is 4.14. The first kappa shape index (κ1) is 12.7. The summed E-state index contributed by atoms with van der Waals surface area (Å²) >= 11 is 2.49. The first-order chi connectivity index (χ1) is 8.54. The summed E-state index contributed by atoms with van der Waals surface area (Å²) in [6.45, 7) is 0. The van der Waals surface area contributed by atoms with Gasteiger partial charge in [-0.3, -0.25) is 4.79 Å². The Morgan fingerprint density at radius 1 is 1.56 bits per heavy atom. The Morgan fingerprint density at radius 3 is 2.94 bits per heavy atom. The van der Waals surface area contributed by atoms with Crippen LogP contribution in [0.5, 0.6) is 0 Å². The lowest BCUT2D eigenvalue weighted by atomic mass is 10.4. The van der Waals surface area contributed by atoms with Gasteiger partial charge in [0.15, 0.2) is 5.16 Å². The van der Waals surface area contributed by atoms with Gasteiger partial charge in [0.25, 0.3) is 5.56 Å². The summed E-state index contributed by atoms with van der Waals surface area (Å²) in [6, 6.07) is 4.50. The number of thiophene rings is 1. The number of anilines is 1. The molecule has 94 valence electrons. The van der Waals surface area contributed by atoms with Gasteiger partial charge >= 0.3 is 5.97 Å². The second kappa shape index (κ2) is 5.23. The second-order valence-corrected chi connectivity index (χ2v) is 5.47. The van der Waals surface area contributed by atoms with Gasteiger partial charge in [0, 0.05) is 16.7 Å². The first-order valence-electron chi connectivity index (χ1n) is 4.86. The minimum absolute atomic E-state index is 0.165. The zero-order valence-electron chi connectivity index (χ0n) is 9.04. The van der Waals surface area contributed by atoms with Gasteiger partial charge in [0.05, 0.1) is 0 Å². The minimum Gasteiger partial charge on any atom is -0.477 e. The normalized spacial score (nSPS) is 10.4. The lowest BCUT2D eigenvalue weighted by Crippen LogP contribution is -2.09. The van der Waals surface area contributed by atoms with E-state index in [0.717, 1.165) is 4.88 Å². The summed E-state index contributed by atoms with van der Waals surface area (Å²) in [7, 11) is 0. The molecule has 2 aromatic rings. The summed E-state index contributed by atoms with van der Waals surface area (Å²) in [5.74, 6) is -0.241. The van der Waals surface area contributed by atoms with Gasteiger partial charge in [-0.15, -0.1) is 11.3 Å². The SMILES string of the molecule is Nc1cc(=O)[nH]c(SCc2ccc(C(=O)O)s2)n1. The molecule has 0 atom stereocenters. The molecule has 0 aromatic carbocycles. The van der Waals surface area contributed by atoms with E-state index in [9.17, 15) is 9.59 Å². The molecule has 0 aliphatic carbocycles. The Hall–Kier alpha value is -1.80. The lowest BCUT2D eigenvalue weighted by Gasteiger charge is -1.99. The molecule has 8 heteroatoms. The van der Waals surface area contributed by atoms with Crippen LogP contribution in [0.25, 0.3) is 0 Å². The lowest BCUT2D eigenvalue weighted by molar-refractivity contribution is 0.0702. The largest absolute Gasteiger partial charge is 0.477 e. The highest BCUT2D eigenvalue weighted by Gasteiger charge is 2.08. The Kier molecular flexibility index (Phi) is 3.68. The fourth-order valence-electron chi connectivity index (χ4n) is 1.23. The maximum absolute atomic E-state index is 11.2. The molecule has 0 amide bonds. The number of aromatic nitrogens is 2. The van der Waals surface area contributed by atoms with Crippen molar-refractivity contribution in [2.24, 2.45) is 0 Å². The van der Waals surface area contributed by atoms with Crippen LogP contribution in [0.3, 0.4) is 0 Å². The molecule has 0 radical (unpaired) electrons. The summed E-state index contributed by atoms with van der Waals surface area (Å²) in [5, 5.41) is 9.20. The van der Waals surface area contributed by atoms with E-state index >= 15 is 0 Å². The molecule has 0 fully saturated rings. The quantitative estimate of drug-likeness (QED) is 0.578. The number of carboxylic acids is 1. The van der Waals surface area contributed by atoms with Crippen LogP contribution in [0.1, 0.15) is 14.5 Å². The van der Waals surface area contributed by atoms with Crippen molar-refractivity contribution in [3.8, 4) is 0 Å². The fourth-order valence-corrected chi connectivity index (χ4v) is 3.00. The van der Waals surface area contributed by atoms with Gasteiger partial charge in [0.2, 0.25) is 0 Å². The number of nitrogens with two attached hydrogens (primary N) is 1. The van der Waals surface area contributed by atoms with Crippen LogP contribution < -0.4 is 11.3 Å². The fraction of sp³-hybridized carbons (Fsp3) is 0.100. The number of carbonyl (C=O) groups is 1. The number of aromatic carboxylic acids is 1. The maximum Gasteiger partial charge on any atom is 0.345 e. The molecule has 2 aromatic heterocycles. The van der Waals surface area contributed by atoms with E-state index in [2.05, 4.69) is 9.97 Å². The van der Waals surface area contributed by atoms with Crippen molar-refractivity contribution in [1.29, 1.82) is 0 Å². The van der Waals surface area contributed by atoms with Crippen LogP contribution in [0.4, 0.5) is 5.82 Å². The van der Waals surface area contributed by atoms with Crippen molar-refractivity contribution in [3.63, 3.8) is 0 Å². The van der Waals surface area contributed by atoms with Crippen LogP contribution in [-0.4, -0.2) is 21.0 Å². The first-order valence-corrected chi connectivity index (χ1v) is 6.66. The number of rotatable bonds is 4. The molecular weight excluding hydrogens is 274 g/mol. The van der Waals surface area contributed by atoms with Crippen molar-refractivity contribution in [2.75, 3.05) is 5.73 Å². The molecule has 0 aliphatic heterocycles. The molecule has 2 rings (SSSR count). The smallest absolute Gasteiger partial charge is 0.345 e. The Balaban J connectivity index is 2.06. The maximum atomic E-state index is 11.2. The van der Waals surface area contributed by atoms with Gasteiger partial charge < -0.3 is 15.8 Å². The van der Waals surface area contributed by atoms with Crippen molar-refractivity contribution in [3.05, 3.63) is 38.3 Å². The third kappa shape index (κ3) is 3.11. The predicted molar refractivity (Wildman–Crippen MR) is 70.1 cm³/mol. The molecule has 2 heterocycles. The van der Waals surface area contributed by atoms with E-state index < -0.39 is 5.97 Å². The van der Waals surface area contributed by atoms with Crippen LogP contribution in [0.15, 0.2) is 28.2 Å². The molecule has 0 saturated carbocycles. The molecule has 0 saturated heterocycles. The van der Waals surface area contributed by atoms with E-state index in [1.54, 1.807) is 12.1 Å². The minimum atomic E-state index is -0.938. The molecule has 4 N–H and O–H groups in total. The van der Waals surface area contributed by atoms with Crippen LogP contribution in [0, 0.1) is 0 Å². The van der Waals surface area contributed by atoms with E-state index in [-0.39, 0.29) is 11.4 Å². The standard InChI is InChI=1S/C10H9N3O3S2/c11-7-3-8(14)13-10(12-7)17-4-5-1-2-6(18-5)9(15)16/h1-3H,4H2,(H,15,16)(H3,11,12,13,14). The van der Waals surface area contributed by atoms with Crippen LogP contribution in [0.2, 0.25) is 0 Å². The molecule has 0 unspecified atom stereocenters. The monoisotopic (exact) mass is 283 g/mol. The highest BCUT2D eigenvalue weighted by molar-refractivity contribution is 7.98. The van der Waals surface area contributed by atoms with Crippen molar-refractivity contribution >= 4 is 34.9 Å². The number of hydrogen-bond donors (Lipinski definition) is 3. The Labute approximate surface area is 110 Å². The molecule has 0 aliphatic rings. The highest BCUT2D eigenvalue weighted by atomic mass is 32.2. The third-order valence-electron chi connectivity index (χ3n) is 1.96. The van der Waals surface area contributed by atoms with Gasteiger partial charge in [0.1, 0.15) is 10.7 Å². The summed E-state index contributed by atoms with van der Waals surface area (Å²) < 4.78 is 0. The zero-order chi connectivity index (χ0) is 13.1. The molecule has 18 heavy (non-hydrogen) atoms. The summed E-state index contributed by atoms with van der Waals surface area (Å²) in [5.41, 5.74) is 5.15. The van der Waals surface area contributed by atoms with E-state index in [1.807, 2.05) is 0 Å². The van der Waals surface area contributed by atoms with Crippen molar-refractivity contribution < 1.29 is 9.90 Å².